The first-order chi connectivity index (χ1) is 11.4. The van der Waals surface area contributed by atoms with Gasteiger partial charge in [-0.1, -0.05) is 48.5 Å². The van der Waals surface area contributed by atoms with Crippen LogP contribution in [0.25, 0.3) is 11.1 Å². The Morgan fingerprint density at radius 1 is 1.04 bits per heavy atom. The van der Waals surface area contributed by atoms with Gasteiger partial charge in [-0.15, -0.1) is 0 Å². The van der Waals surface area contributed by atoms with E-state index in [1.54, 1.807) is 0 Å². The number of carbonyl (C=O) groups excluding carboxylic acids is 1. The van der Waals surface area contributed by atoms with Gasteiger partial charge in [0.1, 0.15) is 12.2 Å². The average Bonchev–Trinajstić information content (AvgIpc) is 3.04. The van der Waals surface area contributed by atoms with Crippen molar-refractivity contribution in [2.75, 3.05) is 6.61 Å². The minimum atomic E-state index is -0.608. The van der Waals surface area contributed by atoms with E-state index in [9.17, 15) is 4.79 Å². The van der Waals surface area contributed by atoms with Crippen LogP contribution in [0, 0.1) is 0 Å². The summed E-state index contributed by atoms with van der Waals surface area (Å²) in [6, 6.07) is 17.3. The SMILES string of the molecule is CC(C)(C)OC(=O)C1COC(c2ccccc2-c2ccccc2)=N1. The van der Waals surface area contributed by atoms with Gasteiger partial charge in [-0.05, 0) is 38.0 Å². The zero-order valence-electron chi connectivity index (χ0n) is 14.2. The Balaban J connectivity index is 1.88. The fourth-order valence-electron chi connectivity index (χ4n) is 2.55. The van der Waals surface area contributed by atoms with Crippen LogP contribution < -0.4 is 0 Å². The molecular formula is C20H21NO3. The van der Waals surface area contributed by atoms with Gasteiger partial charge in [-0.25, -0.2) is 9.79 Å². The number of rotatable bonds is 3. The van der Waals surface area contributed by atoms with E-state index in [1.165, 1.54) is 0 Å². The van der Waals surface area contributed by atoms with E-state index in [0.717, 1.165) is 16.7 Å². The second-order valence-corrected chi connectivity index (χ2v) is 6.71. The van der Waals surface area contributed by atoms with Gasteiger partial charge in [-0.2, -0.15) is 0 Å². The van der Waals surface area contributed by atoms with Gasteiger partial charge in [0.25, 0.3) is 0 Å². The summed E-state index contributed by atoms with van der Waals surface area (Å²) >= 11 is 0. The van der Waals surface area contributed by atoms with Crippen LogP contribution in [-0.4, -0.2) is 30.1 Å². The number of ether oxygens (including phenoxy) is 2. The first kappa shape index (κ1) is 16.2. The summed E-state index contributed by atoms with van der Waals surface area (Å²) in [6.45, 7) is 5.75. The number of hydrogen-bond acceptors (Lipinski definition) is 4. The van der Waals surface area contributed by atoms with Crippen LogP contribution >= 0.6 is 0 Å². The van der Waals surface area contributed by atoms with Gasteiger partial charge in [0.15, 0.2) is 6.04 Å². The maximum absolute atomic E-state index is 12.2. The van der Waals surface area contributed by atoms with E-state index in [0.29, 0.717) is 5.90 Å². The number of aliphatic imine (C=N–C) groups is 1. The van der Waals surface area contributed by atoms with Crippen molar-refractivity contribution in [2.24, 2.45) is 4.99 Å². The van der Waals surface area contributed by atoms with Crippen LogP contribution in [0.2, 0.25) is 0 Å². The molecule has 1 atom stereocenters. The largest absolute Gasteiger partial charge is 0.475 e. The molecule has 0 amide bonds. The molecule has 0 radical (unpaired) electrons. The highest BCUT2D eigenvalue weighted by molar-refractivity contribution is 6.03. The molecule has 124 valence electrons. The molecule has 0 saturated heterocycles. The Bertz CT molecular complexity index is 760. The Kier molecular flexibility index (Phi) is 4.38. The fraction of sp³-hybridized carbons (Fsp3) is 0.300. The van der Waals surface area contributed by atoms with Crippen molar-refractivity contribution in [3.8, 4) is 11.1 Å². The molecule has 2 aromatic carbocycles. The molecule has 4 heteroatoms. The molecule has 3 rings (SSSR count). The summed E-state index contributed by atoms with van der Waals surface area (Å²) in [6.07, 6.45) is 0. The molecule has 0 aliphatic carbocycles. The summed E-state index contributed by atoms with van der Waals surface area (Å²) < 4.78 is 11.1. The first-order valence-corrected chi connectivity index (χ1v) is 8.02. The highest BCUT2D eigenvalue weighted by Crippen LogP contribution is 2.26. The molecular weight excluding hydrogens is 302 g/mol. The molecule has 0 spiro atoms. The lowest BCUT2D eigenvalue weighted by atomic mass is 10.00. The predicted octanol–water partition coefficient (Wildman–Crippen LogP) is 3.84. The molecule has 0 bridgehead atoms. The molecule has 0 N–H and O–H groups in total. The van der Waals surface area contributed by atoms with E-state index >= 15 is 0 Å². The van der Waals surface area contributed by atoms with Gasteiger partial charge >= 0.3 is 5.97 Å². The molecule has 0 fully saturated rings. The second-order valence-electron chi connectivity index (χ2n) is 6.71. The minimum absolute atomic E-state index is 0.216. The van der Waals surface area contributed by atoms with Crippen molar-refractivity contribution < 1.29 is 14.3 Å². The molecule has 1 aliphatic heterocycles. The molecule has 0 aromatic heterocycles. The summed E-state index contributed by atoms with van der Waals surface area (Å²) in [4.78, 5) is 16.6. The molecule has 1 heterocycles. The quantitative estimate of drug-likeness (QED) is 0.806. The van der Waals surface area contributed by atoms with Crippen LogP contribution in [-0.2, 0) is 14.3 Å². The molecule has 2 aromatic rings. The number of esters is 1. The Morgan fingerprint density at radius 3 is 2.33 bits per heavy atom. The lowest BCUT2D eigenvalue weighted by Gasteiger charge is -2.20. The summed E-state index contributed by atoms with van der Waals surface area (Å²) in [5.41, 5.74) is 2.47. The third-order valence-electron chi connectivity index (χ3n) is 3.57. The molecule has 1 unspecified atom stereocenters. The highest BCUT2D eigenvalue weighted by atomic mass is 16.6. The predicted molar refractivity (Wildman–Crippen MR) is 94.0 cm³/mol. The summed E-state index contributed by atoms with van der Waals surface area (Å²) in [7, 11) is 0. The van der Waals surface area contributed by atoms with Crippen molar-refractivity contribution in [1.82, 2.24) is 0 Å². The smallest absolute Gasteiger partial charge is 0.335 e. The Morgan fingerprint density at radius 2 is 1.67 bits per heavy atom. The lowest BCUT2D eigenvalue weighted by molar-refractivity contribution is -0.156. The Labute approximate surface area is 142 Å². The number of carbonyl (C=O) groups is 1. The topological polar surface area (TPSA) is 47.9 Å². The van der Waals surface area contributed by atoms with Gasteiger partial charge in [-0.3, -0.25) is 0 Å². The average molecular weight is 323 g/mol. The van der Waals surface area contributed by atoms with Crippen molar-refractivity contribution in [3.05, 3.63) is 60.2 Å². The van der Waals surface area contributed by atoms with E-state index in [4.69, 9.17) is 9.47 Å². The third-order valence-corrected chi connectivity index (χ3v) is 3.57. The van der Waals surface area contributed by atoms with Gasteiger partial charge < -0.3 is 9.47 Å². The van der Waals surface area contributed by atoms with Gasteiger partial charge in [0.05, 0.1) is 0 Å². The monoisotopic (exact) mass is 323 g/mol. The highest BCUT2D eigenvalue weighted by Gasteiger charge is 2.31. The van der Waals surface area contributed by atoms with Crippen LogP contribution in [0.5, 0.6) is 0 Å². The third kappa shape index (κ3) is 3.65. The second kappa shape index (κ2) is 6.48. The van der Waals surface area contributed by atoms with E-state index in [1.807, 2.05) is 75.4 Å². The van der Waals surface area contributed by atoms with Crippen LogP contribution in [0.1, 0.15) is 26.3 Å². The van der Waals surface area contributed by atoms with E-state index in [-0.39, 0.29) is 12.6 Å². The molecule has 4 nitrogen and oxygen atoms in total. The molecule has 1 aliphatic rings. The van der Waals surface area contributed by atoms with Crippen LogP contribution in [0.15, 0.2) is 59.6 Å². The lowest BCUT2D eigenvalue weighted by Crippen LogP contribution is -2.31. The van der Waals surface area contributed by atoms with E-state index < -0.39 is 11.6 Å². The fourth-order valence-corrected chi connectivity index (χ4v) is 2.55. The Hall–Kier alpha value is -2.62. The van der Waals surface area contributed by atoms with E-state index in [2.05, 4.69) is 4.99 Å². The summed E-state index contributed by atoms with van der Waals surface area (Å²) in [5, 5.41) is 0. The maximum atomic E-state index is 12.2. The van der Waals surface area contributed by atoms with Gasteiger partial charge in [0, 0.05) is 5.56 Å². The normalized spacial score (nSPS) is 17.1. The van der Waals surface area contributed by atoms with Crippen molar-refractivity contribution in [3.63, 3.8) is 0 Å². The number of nitrogens with zero attached hydrogens (tertiary/aromatic N) is 1. The van der Waals surface area contributed by atoms with Crippen molar-refractivity contribution in [1.29, 1.82) is 0 Å². The summed E-state index contributed by atoms with van der Waals surface area (Å²) in [5.74, 6) is 0.139. The van der Waals surface area contributed by atoms with Crippen molar-refractivity contribution >= 4 is 11.9 Å². The standard InChI is InChI=1S/C20H21NO3/c1-20(2,3)24-19(22)17-13-23-18(21-17)16-12-8-7-11-15(16)14-9-5-4-6-10-14/h4-12,17H,13H2,1-3H3. The van der Waals surface area contributed by atoms with Gasteiger partial charge in [0.2, 0.25) is 5.90 Å². The zero-order valence-corrected chi connectivity index (χ0v) is 14.2. The number of benzene rings is 2. The maximum Gasteiger partial charge on any atom is 0.335 e. The minimum Gasteiger partial charge on any atom is -0.475 e. The zero-order chi connectivity index (χ0) is 17.2. The molecule has 0 saturated carbocycles. The number of hydrogen-bond donors (Lipinski definition) is 0. The van der Waals surface area contributed by atoms with Crippen LogP contribution in [0.4, 0.5) is 0 Å². The first-order valence-electron chi connectivity index (χ1n) is 8.02. The van der Waals surface area contributed by atoms with Crippen molar-refractivity contribution in [2.45, 2.75) is 32.4 Å². The molecule has 24 heavy (non-hydrogen) atoms. The van der Waals surface area contributed by atoms with Crippen LogP contribution in [0.3, 0.4) is 0 Å².